The van der Waals surface area contributed by atoms with Crippen molar-refractivity contribution in [2.75, 3.05) is 11.9 Å². The maximum Gasteiger partial charge on any atom is 0.265 e. The SMILES string of the molecule is C=C(C)COc1ccccc1NC(=O)c1cccs1. The fraction of sp³-hybridized carbons (Fsp3) is 0.133. The van der Waals surface area contributed by atoms with Gasteiger partial charge in [-0.15, -0.1) is 11.3 Å². The zero-order valence-electron chi connectivity index (χ0n) is 10.7. The molecule has 0 radical (unpaired) electrons. The van der Waals surface area contributed by atoms with E-state index in [0.717, 1.165) is 5.57 Å². The second kappa shape index (κ2) is 6.20. The number of rotatable bonds is 5. The van der Waals surface area contributed by atoms with E-state index < -0.39 is 0 Å². The summed E-state index contributed by atoms with van der Waals surface area (Å²) in [5.74, 6) is 0.525. The highest BCUT2D eigenvalue weighted by Gasteiger charge is 2.10. The minimum atomic E-state index is -0.124. The average Bonchev–Trinajstić information content (AvgIpc) is 2.91. The first-order chi connectivity index (χ1) is 9.16. The zero-order valence-corrected chi connectivity index (χ0v) is 11.5. The quantitative estimate of drug-likeness (QED) is 0.837. The van der Waals surface area contributed by atoms with Gasteiger partial charge in [0.15, 0.2) is 0 Å². The Hall–Kier alpha value is -2.07. The van der Waals surface area contributed by atoms with Gasteiger partial charge >= 0.3 is 0 Å². The van der Waals surface area contributed by atoms with Crippen molar-refractivity contribution >= 4 is 22.9 Å². The molecule has 0 bridgehead atoms. The second-order valence-corrected chi connectivity index (χ2v) is 5.12. The summed E-state index contributed by atoms with van der Waals surface area (Å²) < 4.78 is 5.61. The average molecular weight is 273 g/mol. The highest BCUT2D eigenvalue weighted by Crippen LogP contribution is 2.25. The van der Waals surface area contributed by atoms with E-state index in [0.29, 0.717) is 22.9 Å². The van der Waals surface area contributed by atoms with Crippen LogP contribution in [0.15, 0.2) is 53.9 Å². The van der Waals surface area contributed by atoms with Gasteiger partial charge in [0, 0.05) is 0 Å². The monoisotopic (exact) mass is 273 g/mol. The molecule has 0 saturated heterocycles. The number of thiophene rings is 1. The van der Waals surface area contributed by atoms with Gasteiger partial charge in [-0.05, 0) is 36.1 Å². The molecule has 2 aromatic rings. The van der Waals surface area contributed by atoms with Crippen molar-refractivity contribution in [1.82, 2.24) is 0 Å². The van der Waals surface area contributed by atoms with Crippen LogP contribution in [-0.2, 0) is 0 Å². The van der Waals surface area contributed by atoms with Gasteiger partial charge < -0.3 is 10.1 Å². The lowest BCUT2D eigenvalue weighted by Gasteiger charge is -2.11. The topological polar surface area (TPSA) is 38.3 Å². The number of nitrogens with one attached hydrogen (secondary N) is 1. The number of benzene rings is 1. The van der Waals surface area contributed by atoms with Crippen LogP contribution in [0.5, 0.6) is 5.75 Å². The Kier molecular flexibility index (Phi) is 4.36. The molecule has 0 spiro atoms. The van der Waals surface area contributed by atoms with Crippen LogP contribution in [0.4, 0.5) is 5.69 Å². The van der Waals surface area contributed by atoms with E-state index >= 15 is 0 Å². The predicted molar refractivity (Wildman–Crippen MR) is 79.0 cm³/mol. The third-order valence-corrected chi connectivity index (χ3v) is 3.22. The Balaban J connectivity index is 2.11. The van der Waals surface area contributed by atoms with E-state index in [1.165, 1.54) is 11.3 Å². The van der Waals surface area contributed by atoms with E-state index in [9.17, 15) is 4.79 Å². The minimum Gasteiger partial charge on any atom is -0.487 e. The van der Waals surface area contributed by atoms with Crippen molar-refractivity contribution in [3.05, 3.63) is 58.8 Å². The fourth-order valence-corrected chi connectivity index (χ4v) is 2.11. The molecule has 3 nitrogen and oxygen atoms in total. The van der Waals surface area contributed by atoms with Crippen molar-refractivity contribution in [1.29, 1.82) is 0 Å². The van der Waals surface area contributed by atoms with Crippen molar-refractivity contribution < 1.29 is 9.53 Å². The zero-order chi connectivity index (χ0) is 13.7. The largest absolute Gasteiger partial charge is 0.487 e. The standard InChI is InChI=1S/C15H15NO2S/c1-11(2)10-18-13-7-4-3-6-12(13)16-15(17)14-8-5-9-19-14/h3-9H,1,10H2,2H3,(H,16,17). The van der Waals surface area contributed by atoms with Crippen LogP contribution >= 0.6 is 11.3 Å². The van der Waals surface area contributed by atoms with Crippen LogP contribution in [0.25, 0.3) is 0 Å². The summed E-state index contributed by atoms with van der Waals surface area (Å²) >= 11 is 1.41. The van der Waals surface area contributed by atoms with Crippen LogP contribution < -0.4 is 10.1 Å². The summed E-state index contributed by atoms with van der Waals surface area (Å²) in [5.41, 5.74) is 1.60. The predicted octanol–water partition coefficient (Wildman–Crippen LogP) is 3.96. The fourth-order valence-electron chi connectivity index (χ4n) is 1.49. The lowest BCUT2D eigenvalue weighted by Crippen LogP contribution is -2.11. The van der Waals surface area contributed by atoms with Crippen LogP contribution in [-0.4, -0.2) is 12.5 Å². The van der Waals surface area contributed by atoms with Crippen molar-refractivity contribution in [3.63, 3.8) is 0 Å². The molecule has 0 fully saturated rings. The van der Waals surface area contributed by atoms with E-state index in [-0.39, 0.29) is 5.91 Å². The van der Waals surface area contributed by atoms with Gasteiger partial charge in [-0.25, -0.2) is 0 Å². The number of hydrogen-bond donors (Lipinski definition) is 1. The molecule has 1 heterocycles. The number of carbonyl (C=O) groups excluding carboxylic acids is 1. The van der Waals surface area contributed by atoms with E-state index in [2.05, 4.69) is 11.9 Å². The summed E-state index contributed by atoms with van der Waals surface area (Å²) in [6, 6.07) is 11.0. The van der Waals surface area contributed by atoms with Gasteiger partial charge in [0.25, 0.3) is 5.91 Å². The van der Waals surface area contributed by atoms with Crippen molar-refractivity contribution in [3.8, 4) is 5.75 Å². The molecule has 0 saturated carbocycles. The molecule has 0 aliphatic heterocycles. The Morgan fingerprint density at radius 2 is 2.11 bits per heavy atom. The minimum absolute atomic E-state index is 0.124. The highest BCUT2D eigenvalue weighted by molar-refractivity contribution is 7.12. The molecular weight excluding hydrogens is 258 g/mol. The molecule has 0 atom stereocenters. The summed E-state index contributed by atoms with van der Waals surface area (Å²) in [6.07, 6.45) is 0. The molecular formula is C15H15NO2S. The lowest BCUT2D eigenvalue weighted by atomic mass is 10.3. The lowest BCUT2D eigenvalue weighted by molar-refractivity contribution is 0.103. The molecule has 0 aliphatic carbocycles. The first kappa shape index (κ1) is 13.4. The third kappa shape index (κ3) is 3.69. The van der Waals surface area contributed by atoms with Crippen LogP contribution in [0.1, 0.15) is 16.6 Å². The smallest absolute Gasteiger partial charge is 0.265 e. The molecule has 0 aliphatic rings. The van der Waals surface area contributed by atoms with Gasteiger partial charge in [-0.1, -0.05) is 24.8 Å². The molecule has 4 heteroatoms. The molecule has 1 amide bonds. The van der Waals surface area contributed by atoms with Crippen LogP contribution in [0, 0.1) is 0 Å². The Morgan fingerprint density at radius 3 is 2.79 bits per heavy atom. The van der Waals surface area contributed by atoms with Crippen molar-refractivity contribution in [2.24, 2.45) is 0 Å². The van der Waals surface area contributed by atoms with E-state index in [1.54, 1.807) is 6.07 Å². The molecule has 98 valence electrons. The van der Waals surface area contributed by atoms with Crippen LogP contribution in [0.3, 0.4) is 0 Å². The summed E-state index contributed by atoms with van der Waals surface area (Å²) in [7, 11) is 0. The molecule has 1 aromatic carbocycles. The molecule has 2 rings (SSSR count). The Morgan fingerprint density at radius 1 is 1.32 bits per heavy atom. The van der Waals surface area contributed by atoms with Crippen molar-refractivity contribution in [2.45, 2.75) is 6.92 Å². The normalized spacial score (nSPS) is 9.95. The Labute approximate surface area is 116 Å². The Bertz CT molecular complexity index is 576. The first-order valence-corrected chi connectivity index (χ1v) is 6.76. The van der Waals surface area contributed by atoms with Gasteiger partial charge in [-0.3, -0.25) is 4.79 Å². The summed E-state index contributed by atoms with van der Waals surface area (Å²) in [5, 5.41) is 4.73. The number of ether oxygens (including phenoxy) is 1. The maximum atomic E-state index is 12.0. The first-order valence-electron chi connectivity index (χ1n) is 5.88. The molecule has 19 heavy (non-hydrogen) atoms. The third-order valence-electron chi connectivity index (χ3n) is 2.35. The number of carbonyl (C=O) groups is 1. The summed E-state index contributed by atoms with van der Waals surface area (Å²) in [4.78, 5) is 12.7. The number of para-hydroxylation sites is 2. The van der Waals surface area contributed by atoms with Gasteiger partial charge in [0.1, 0.15) is 12.4 Å². The van der Waals surface area contributed by atoms with Gasteiger partial charge in [-0.2, -0.15) is 0 Å². The van der Waals surface area contributed by atoms with Gasteiger partial charge in [0.05, 0.1) is 10.6 Å². The van der Waals surface area contributed by atoms with Gasteiger partial charge in [0.2, 0.25) is 0 Å². The highest BCUT2D eigenvalue weighted by atomic mass is 32.1. The summed E-state index contributed by atoms with van der Waals surface area (Å²) in [6.45, 7) is 6.12. The molecule has 0 unspecified atom stereocenters. The van der Waals surface area contributed by atoms with E-state index in [1.807, 2.05) is 42.6 Å². The maximum absolute atomic E-state index is 12.0. The second-order valence-electron chi connectivity index (χ2n) is 4.17. The van der Waals surface area contributed by atoms with Crippen LogP contribution in [0.2, 0.25) is 0 Å². The number of hydrogen-bond acceptors (Lipinski definition) is 3. The van der Waals surface area contributed by atoms with E-state index in [4.69, 9.17) is 4.74 Å². The molecule has 1 aromatic heterocycles. The number of anilines is 1. The number of amides is 1. The molecule has 1 N–H and O–H groups in total.